The normalized spacial score (nSPS) is 10.6. The lowest BCUT2D eigenvalue weighted by atomic mass is 10.2. The molecule has 0 saturated carbocycles. The largest absolute Gasteiger partial charge is 0.465 e. The van der Waals surface area contributed by atoms with Crippen LogP contribution >= 0.6 is 11.8 Å². The van der Waals surface area contributed by atoms with Crippen molar-refractivity contribution in [2.75, 3.05) is 18.7 Å². The van der Waals surface area contributed by atoms with Crippen LogP contribution in [-0.4, -0.2) is 39.5 Å². The van der Waals surface area contributed by atoms with E-state index in [4.69, 9.17) is 4.74 Å². The van der Waals surface area contributed by atoms with Gasteiger partial charge in [-0.25, -0.2) is 14.8 Å². The van der Waals surface area contributed by atoms with Crippen LogP contribution in [0.25, 0.3) is 11.0 Å². The van der Waals surface area contributed by atoms with Gasteiger partial charge < -0.3 is 10.1 Å². The Kier molecular flexibility index (Phi) is 3.92. The van der Waals surface area contributed by atoms with Crippen molar-refractivity contribution in [3.8, 4) is 0 Å². The molecule has 0 aliphatic heterocycles. The van der Waals surface area contributed by atoms with E-state index in [0.29, 0.717) is 17.0 Å². The molecule has 0 amide bonds. The molecule has 7 nitrogen and oxygen atoms in total. The van der Waals surface area contributed by atoms with Gasteiger partial charge in [-0.2, -0.15) is 5.10 Å². The third-order valence-electron chi connectivity index (χ3n) is 3.06. The van der Waals surface area contributed by atoms with Crippen molar-refractivity contribution in [3.05, 3.63) is 36.2 Å². The second-order valence-corrected chi connectivity index (χ2v) is 5.17. The minimum absolute atomic E-state index is 0.385. The molecular weight excluding hydrogens is 302 g/mol. The van der Waals surface area contributed by atoms with Crippen molar-refractivity contribution >= 4 is 40.3 Å². The topological polar surface area (TPSA) is 92.8 Å². The maximum absolute atomic E-state index is 11.6. The first-order valence-corrected chi connectivity index (χ1v) is 7.64. The third-order valence-corrected chi connectivity index (χ3v) is 3.75. The minimum atomic E-state index is -0.385. The van der Waals surface area contributed by atoms with Gasteiger partial charge in [-0.05, 0) is 24.5 Å². The zero-order chi connectivity index (χ0) is 15.5. The van der Waals surface area contributed by atoms with Gasteiger partial charge in [0.15, 0.2) is 5.65 Å². The number of carbonyl (C=O) groups excluding carboxylic acids is 1. The second kappa shape index (κ2) is 6.02. The number of anilines is 2. The molecule has 2 N–H and O–H groups in total. The monoisotopic (exact) mass is 315 g/mol. The first-order chi connectivity index (χ1) is 10.7. The number of nitrogens with zero attached hydrogens (tertiary/aromatic N) is 3. The second-order valence-electron chi connectivity index (χ2n) is 4.38. The molecule has 3 aromatic rings. The number of nitrogens with one attached hydrogen (secondary N) is 2. The highest BCUT2D eigenvalue weighted by Crippen LogP contribution is 2.29. The molecule has 0 aliphatic carbocycles. The van der Waals surface area contributed by atoms with Gasteiger partial charge in [0.25, 0.3) is 0 Å². The number of thioether (sulfide) groups is 1. The number of benzene rings is 1. The van der Waals surface area contributed by atoms with Crippen LogP contribution in [0.2, 0.25) is 0 Å². The number of rotatable bonds is 4. The van der Waals surface area contributed by atoms with Crippen molar-refractivity contribution in [1.82, 2.24) is 20.2 Å². The van der Waals surface area contributed by atoms with E-state index in [-0.39, 0.29) is 5.97 Å². The fourth-order valence-electron chi connectivity index (χ4n) is 2.05. The van der Waals surface area contributed by atoms with E-state index >= 15 is 0 Å². The molecular formula is C14H13N5O2S. The highest BCUT2D eigenvalue weighted by Gasteiger charge is 2.13. The number of fused-ring (bicyclic) bond motifs is 1. The van der Waals surface area contributed by atoms with Gasteiger partial charge in [-0.1, -0.05) is 6.07 Å². The van der Waals surface area contributed by atoms with Crippen molar-refractivity contribution in [2.45, 2.75) is 5.03 Å². The first kappa shape index (κ1) is 14.3. The van der Waals surface area contributed by atoms with Crippen LogP contribution in [0.3, 0.4) is 0 Å². The molecule has 0 aliphatic rings. The highest BCUT2D eigenvalue weighted by molar-refractivity contribution is 7.98. The molecule has 0 fully saturated rings. The number of ether oxygens (including phenoxy) is 1. The number of carbonyl (C=O) groups is 1. The number of H-pyrrole nitrogens is 1. The van der Waals surface area contributed by atoms with Crippen LogP contribution in [0.1, 0.15) is 10.4 Å². The molecule has 1 aromatic carbocycles. The Morgan fingerprint density at radius 3 is 3.00 bits per heavy atom. The lowest BCUT2D eigenvalue weighted by Crippen LogP contribution is -2.02. The average Bonchev–Trinajstić information content (AvgIpc) is 2.98. The molecule has 3 rings (SSSR count). The molecule has 8 heteroatoms. The third kappa shape index (κ3) is 2.60. The number of esters is 1. The van der Waals surface area contributed by atoms with E-state index in [0.717, 1.165) is 16.1 Å². The van der Waals surface area contributed by atoms with Crippen molar-refractivity contribution in [3.63, 3.8) is 0 Å². The number of methoxy groups -OCH3 is 1. The average molecular weight is 315 g/mol. The van der Waals surface area contributed by atoms with Gasteiger partial charge in [0.2, 0.25) is 0 Å². The number of aromatic nitrogens is 4. The molecule has 0 atom stereocenters. The standard InChI is InChI=1S/C14H13N5O2S/c1-21-14(20)8-4-3-5-9(6-8)17-11-10-12(16-7-15-11)18-19-13(10)22-2/h3-7H,1-2H3,(H2,15,16,17,18,19). The summed E-state index contributed by atoms with van der Waals surface area (Å²) in [5.41, 5.74) is 1.86. The van der Waals surface area contributed by atoms with Crippen molar-refractivity contribution in [1.29, 1.82) is 0 Å². The van der Waals surface area contributed by atoms with Crippen LogP contribution in [-0.2, 0) is 4.74 Å². The molecule has 2 heterocycles. The quantitative estimate of drug-likeness (QED) is 0.564. The maximum Gasteiger partial charge on any atom is 0.337 e. The Labute approximate surface area is 130 Å². The molecule has 0 radical (unpaired) electrons. The molecule has 2 aromatic heterocycles. The predicted molar refractivity (Wildman–Crippen MR) is 84.5 cm³/mol. The number of hydrogen-bond donors (Lipinski definition) is 2. The maximum atomic E-state index is 11.6. The summed E-state index contributed by atoms with van der Waals surface area (Å²) in [6.07, 6.45) is 3.39. The summed E-state index contributed by atoms with van der Waals surface area (Å²) in [6, 6.07) is 7.02. The summed E-state index contributed by atoms with van der Waals surface area (Å²) < 4.78 is 4.73. The van der Waals surface area contributed by atoms with E-state index in [1.165, 1.54) is 25.2 Å². The van der Waals surface area contributed by atoms with Gasteiger partial charge >= 0.3 is 5.97 Å². The number of hydrogen-bond acceptors (Lipinski definition) is 7. The fraction of sp³-hybridized carbons (Fsp3) is 0.143. The highest BCUT2D eigenvalue weighted by atomic mass is 32.2. The van der Waals surface area contributed by atoms with E-state index < -0.39 is 0 Å². The summed E-state index contributed by atoms with van der Waals surface area (Å²) in [5.74, 6) is 0.245. The molecule has 0 saturated heterocycles. The van der Waals surface area contributed by atoms with Crippen LogP contribution in [0.5, 0.6) is 0 Å². The number of aromatic amines is 1. The van der Waals surface area contributed by atoms with E-state index in [1.807, 2.05) is 12.3 Å². The van der Waals surface area contributed by atoms with Crippen LogP contribution in [0, 0.1) is 0 Å². The Morgan fingerprint density at radius 2 is 2.23 bits per heavy atom. The van der Waals surface area contributed by atoms with Crippen LogP contribution in [0.15, 0.2) is 35.6 Å². The summed E-state index contributed by atoms with van der Waals surface area (Å²) >= 11 is 1.50. The molecule has 22 heavy (non-hydrogen) atoms. The lowest BCUT2D eigenvalue weighted by Gasteiger charge is -2.08. The first-order valence-electron chi connectivity index (χ1n) is 6.41. The zero-order valence-electron chi connectivity index (χ0n) is 12.0. The SMILES string of the molecule is COC(=O)c1cccc(Nc2ncnc3[nH]nc(SC)c23)c1. The zero-order valence-corrected chi connectivity index (χ0v) is 12.8. The van der Waals surface area contributed by atoms with Gasteiger partial charge in [0, 0.05) is 5.69 Å². The van der Waals surface area contributed by atoms with E-state index in [9.17, 15) is 4.79 Å². The Balaban J connectivity index is 2.00. The summed E-state index contributed by atoms with van der Waals surface area (Å²) in [4.78, 5) is 20.0. The molecule has 112 valence electrons. The summed E-state index contributed by atoms with van der Waals surface area (Å²) in [6.45, 7) is 0. The Bertz CT molecular complexity index is 833. The van der Waals surface area contributed by atoms with E-state index in [2.05, 4.69) is 25.5 Å². The van der Waals surface area contributed by atoms with Gasteiger partial charge in [-0.15, -0.1) is 11.8 Å². The van der Waals surface area contributed by atoms with Gasteiger partial charge in [0.1, 0.15) is 17.2 Å². The van der Waals surface area contributed by atoms with Crippen LogP contribution in [0.4, 0.5) is 11.5 Å². The predicted octanol–water partition coefficient (Wildman–Crippen LogP) is 2.61. The Hall–Kier alpha value is -2.61. The fourth-order valence-corrected chi connectivity index (χ4v) is 2.59. The smallest absolute Gasteiger partial charge is 0.337 e. The van der Waals surface area contributed by atoms with Gasteiger partial charge in [0.05, 0.1) is 18.1 Å². The summed E-state index contributed by atoms with van der Waals surface area (Å²) in [7, 11) is 1.35. The lowest BCUT2D eigenvalue weighted by molar-refractivity contribution is 0.0601. The minimum Gasteiger partial charge on any atom is -0.465 e. The Morgan fingerprint density at radius 1 is 1.36 bits per heavy atom. The van der Waals surface area contributed by atoms with Crippen molar-refractivity contribution in [2.24, 2.45) is 0 Å². The van der Waals surface area contributed by atoms with Crippen LogP contribution < -0.4 is 5.32 Å². The molecule has 0 spiro atoms. The summed E-state index contributed by atoms with van der Waals surface area (Å²) in [5, 5.41) is 11.9. The van der Waals surface area contributed by atoms with Gasteiger partial charge in [-0.3, -0.25) is 5.10 Å². The molecule has 0 unspecified atom stereocenters. The molecule has 0 bridgehead atoms. The van der Waals surface area contributed by atoms with E-state index in [1.54, 1.807) is 18.2 Å². The van der Waals surface area contributed by atoms with Crippen molar-refractivity contribution < 1.29 is 9.53 Å².